The molecule has 1 saturated heterocycles. The quantitative estimate of drug-likeness (QED) is 0.794. The highest BCUT2D eigenvalue weighted by Gasteiger charge is 2.30. The van der Waals surface area contributed by atoms with E-state index in [0.29, 0.717) is 23.9 Å². The van der Waals surface area contributed by atoms with E-state index in [2.05, 4.69) is 9.97 Å². The summed E-state index contributed by atoms with van der Waals surface area (Å²) in [5.41, 5.74) is 0.0315. The van der Waals surface area contributed by atoms with Gasteiger partial charge < -0.3 is 9.88 Å². The predicted molar refractivity (Wildman–Crippen MR) is 84.3 cm³/mol. The first-order valence-corrected chi connectivity index (χ1v) is 8.84. The van der Waals surface area contributed by atoms with E-state index in [0.717, 1.165) is 0 Å². The zero-order valence-corrected chi connectivity index (χ0v) is 13.0. The van der Waals surface area contributed by atoms with E-state index in [1.54, 1.807) is 24.3 Å². The molecule has 0 bridgehead atoms. The normalized spacial score (nSPS) is 18.5. The monoisotopic (exact) mass is 336 g/mol. The third-order valence-corrected chi connectivity index (χ3v) is 4.82. The summed E-state index contributed by atoms with van der Waals surface area (Å²) >= 11 is 0. The molecule has 0 spiro atoms. The molecule has 3 rings (SSSR count). The molecule has 0 aliphatic carbocycles. The summed E-state index contributed by atoms with van der Waals surface area (Å²) in [4.78, 5) is 32.2. The van der Waals surface area contributed by atoms with Gasteiger partial charge in [0.05, 0.1) is 11.3 Å². The lowest BCUT2D eigenvalue weighted by Crippen LogP contribution is -2.32. The summed E-state index contributed by atoms with van der Waals surface area (Å²) in [6, 6.07) is 6.92. The van der Waals surface area contributed by atoms with Crippen LogP contribution < -0.4 is 10.8 Å². The second-order valence-corrected chi connectivity index (χ2v) is 7.33. The summed E-state index contributed by atoms with van der Waals surface area (Å²) < 4.78 is 22.3. The SMILES string of the molecule is NS(=O)(=O)C[C@@H]1CCN(C(=O)c2nc(=O)[nH]c3ccccc23)C1. The van der Waals surface area contributed by atoms with Crippen molar-refractivity contribution in [1.29, 1.82) is 0 Å². The second-order valence-electron chi connectivity index (χ2n) is 5.67. The maximum Gasteiger partial charge on any atom is 0.346 e. The van der Waals surface area contributed by atoms with Crippen LogP contribution in [0.4, 0.5) is 0 Å². The third kappa shape index (κ3) is 3.40. The Bertz CT molecular complexity index is 922. The Morgan fingerprint density at radius 1 is 1.39 bits per heavy atom. The van der Waals surface area contributed by atoms with Crippen molar-refractivity contribution in [1.82, 2.24) is 14.9 Å². The number of nitrogens with zero attached hydrogens (tertiary/aromatic N) is 2. The molecule has 8 nitrogen and oxygen atoms in total. The number of nitrogens with one attached hydrogen (secondary N) is 1. The fourth-order valence-electron chi connectivity index (χ4n) is 2.90. The van der Waals surface area contributed by atoms with Crippen LogP contribution in [0.3, 0.4) is 0 Å². The first-order valence-electron chi connectivity index (χ1n) is 7.12. The largest absolute Gasteiger partial charge is 0.346 e. The van der Waals surface area contributed by atoms with Gasteiger partial charge in [-0.3, -0.25) is 4.79 Å². The lowest BCUT2D eigenvalue weighted by molar-refractivity contribution is 0.0784. The van der Waals surface area contributed by atoms with Crippen LogP contribution in [0.1, 0.15) is 16.9 Å². The molecule has 1 fully saturated rings. The van der Waals surface area contributed by atoms with Crippen LogP contribution in [0, 0.1) is 5.92 Å². The van der Waals surface area contributed by atoms with Crippen molar-refractivity contribution >= 4 is 26.8 Å². The van der Waals surface area contributed by atoms with E-state index in [1.165, 1.54) is 4.90 Å². The summed E-state index contributed by atoms with van der Waals surface area (Å²) in [7, 11) is -3.57. The molecule has 0 unspecified atom stereocenters. The number of primary sulfonamides is 1. The van der Waals surface area contributed by atoms with Crippen LogP contribution in [0.5, 0.6) is 0 Å². The van der Waals surface area contributed by atoms with Crippen LogP contribution in [-0.2, 0) is 10.0 Å². The number of aromatic amines is 1. The van der Waals surface area contributed by atoms with Crippen LogP contribution in [-0.4, -0.2) is 48.0 Å². The molecular weight excluding hydrogens is 320 g/mol. The molecule has 9 heteroatoms. The maximum absolute atomic E-state index is 12.7. The van der Waals surface area contributed by atoms with Gasteiger partial charge >= 0.3 is 5.69 Å². The van der Waals surface area contributed by atoms with Crippen molar-refractivity contribution in [3.8, 4) is 0 Å². The van der Waals surface area contributed by atoms with Crippen LogP contribution in [0.2, 0.25) is 0 Å². The number of nitrogens with two attached hydrogens (primary N) is 1. The van der Waals surface area contributed by atoms with E-state index < -0.39 is 15.7 Å². The first-order chi connectivity index (χ1) is 10.8. The van der Waals surface area contributed by atoms with Crippen molar-refractivity contribution in [3.05, 3.63) is 40.4 Å². The standard InChI is InChI=1S/C14H16N4O4S/c15-23(21,22)8-9-5-6-18(7-9)13(19)12-10-3-1-2-4-11(10)16-14(20)17-12/h1-4,9H,5-8H2,(H2,15,21,22)(H,16,17,20)/t9-/m1/s1. The van der Waals surface area contributed by atoms with Crippen molar-refractivity contribution in [2.75, 3.05) is 18.8 Å². The Balaban J connectivity index is 1.89. The zero-order valence-electron chi connectivity index (χ0n) is 12.2. The third-order valence-electron chi connectivity index (χ3n) is 3.88. The average molecular weight is 336 g/mol. The molecule has 3 N–H and O–H groups in total. The Morgan fingerprint density at radius 2 is 2.13 bits per heavy atom. The highest BCUT2D eigenvalue weighted by molar-refractivity contribution is 7.89. The number of hydrogen-bond donors (Lipinski definition) is 2. The molecule has 1 aromatic heterocycles. The number of H-pyrrole nitrogens is 1. The number of sulfonamides is 1. The maximum atomic E-state index is 12.7. The van der Waals surface area contributed by atoms with E-state index >= 15 is 0 Å². The number of hydrogen-bond acceptors (Lipinski definition) is 5. The molecule has 1 atom stereocenters. The zero-order chi connectivity index (χ0) is 16.6. The van der Waals surface area contributed by atoms with Gasteiger partial charge in [-0.25, -0.2) is 18.4 Å². The number of para-hydroxylation sites is 1. The Kier molecular flexibility index (Phi) is 3.90. The molecule has 23 heavy (non-hydrogen) atoms. The fourth-order valence-corrected chi connectivity index (χ4v) is 3.83. The van der Waals surface area contributed by atoms with Crippen molar-refractivity contribution in [2.24, 2.45) is 11.1 Å². The highest BCUT2D eigenvalue weighted by atomic mass is 32.2. The van der Waals surface area contributed by atoms with E-state index in [1.807, 2.05) is 0 Å². The van der Waals surface area contributed by atoms with Gasteiger partial charge in [-0.1, -0.05) is 18.2 Å². The predicted octanol–water partition coefficient (Wildman–Crippen LogP) is -0.326. The first kappa shape index (κ1) is 15.6. The Labute approximate surface area is 132 Å². The van der Waals surface area contributed by atoms with E-state index in [-0.39, 0.29) is 29.8 Å². The van der Waals surface area contributed by atoms with Gasteiger partial charge in [0.1, 0.15) is 5.69 Å². The van der Waals surface area contributed by atoms with Crippen LogP contribution in [0.25, 0.3) is 10.9 Å². The summed E-state index contributed by atoms with van der Waals surface area (Å²) in [5.74, 6) is -0.716. The molecule has 1 aliphatic rings. The van der Waals surface area contributed by atoms with Crippen molar-refractivity contribution in [2.45, 2.75) is 6.42 Å². The second kappa shape index (κ2) is 5.74. The number of amides is 1. The number of benzene rings is 1. The number of carbonyl (C=O) groups excluding carboxylic acids is 1. The number of fused-ring (bicyclic) bond motifs is 1. The van der Waals surface area contributed by atoms with Crippen LogP contribution in [0.15, 0.2) is 29.1 Å². The number of carbonyl (C=O) groups is 1. The Morgan fingerprint density at radius 3 is 2.87 bits per heavy atom. The van der Waals surface area contributed by atoms with Gasteiger partial charge in [-0.05, 0) is 18.4 Å². The smallest absolute Gasteiger partial charge is 0.337 e. The van der Waals surface area contributed by atoms with Gasteiger partial charge in [-0.2, -0.15) is 4.98 Å². The minimum Gasteiger partial charge on any atom is -0.337 e. The van der Waals surface area contributed by atoms with Crippen molar-refractivity contribution in [3.63, 3.8) is 0 Å². The van der Waals surface area contributed by atoms with Gasteiger partial charge in [0, 0.05) is 18.5 Å². The molecule has 0 saturated carbocycles. The summed E-state index contributed by atoms with van der Waals surface area (Å²) in [6.07, 6.45) is 0.559. The van der Waals surface area contributed by atoms with Gasteiger partial charge in [0.2, 0.25) is 10.0 Å². The highest BCUT2D eigenvalue weighted by Crippen LogP contribution is 2.21. The minimum absolute atomic E-state index is 0.0839. The topological polar surface area (TPSA) is 126 Å². The summed E-state index contributed by atoms with van der Waals surface area (Å²) in [5, 5.41) is 5.62. The number of likely N-dealkylation sites (tertiary alicyclic amines) is 1. The minimum atomic E-state index is -3.57. The van der Waals surface area contributed by atoms with Crippen molar-refractivity contribution < 1.29 is 13.2 Å². The molecule has 1 aliphatic heterocycles. The number of rotatable bonds is 3. The molecule has 1 aromatic carbocycles. The molecule has 2 heterocycles. The summed E-state index contributed by atoms with van der Waals surface area (Å²) in [6.45, 7) is 0.708. The van der Waals surface area contributed by atoms with Gasteiger partial charge in [0.15, 0.2) is 0 Å². The Hall–Kier alpha value is -2.26. The van der Waals surface area contributed by atoms with E-state index in [9.17, 15) is 18.0 Å². The average Bonchev–Trinajstić information content (AvgIpc) is 2.92. The molecular formula is C14H16N4O4S. The molecule has 1 amide bonds. The fraction of sp³-hybridized carbons (Fsp3) is 0.357. The van der Waals surface area contributed by atoms with Crippen LogP contribution >= 0.6 is 0 Å². The lowest BCUT2D eigenvalue weighted by atomic mass is 10.1. The van der Waals surface area contributed by atoms with E-state index in [4.69, 9.17) is 5.14 Å². The lowest BCUT2D eigenvalue weighted by Gasteiger charge is -2.16. The van der Waals surface area contributed by atoms with Gasteiger partial charge in [0.25, 0.3) is 5.91 Å². The number of aromatic nitrogens is 2. The molecule has 122 valence electrons. The molecule has 2 aromatic rings. The molecule has 0 radical (unpaired) electrons. The van der Waals surface area contributed by atoms with Gasteiger partial charge in [-0.15, -0.1) is 0 Å².